The smallest absolute Gasteiger partial charge is 0.348 e. The van der Waals surface area contributed by atoms with Crippen molar-refractivity contribution < 1.29 is 38.1 Å². The average Bonchev–Trinajstić information content (AvgIpc) is 3.49. The number of aryl methyl sites for hydroxylation is 1. The maximum Gasteiger partial charge on any atom is 0.348 e. The van der Waals surface area contributed by atoms with Crippen LogP contribution in [0.1, 0.15) is 33.2 Å². The Morgan fingerprint density at radius 1 is 1.26 bits per heavy atom. The number of hydrogen-bond donors (Lipinski definition) is 4. The summed E-state index contributed by atoms with van der Waals surface area (Å²) in [6, 6.07) is 3.54. The van der Waals surface area contributed by atoms with Gasteiger partial charge in [0.2, 0.25) is 11.8 Å². The number of aromatic nitrogens is 3. The van der Waals surface area contributed by atoms with Gasteiger partial charge in [-0.15, -0.1) is 11.3 Å². The Kier molecular flexibility index (Phi) is 5.15. The Balaban J connectivity index is 1.57. The minimum absolute atomic E-state index is 0.0145. The quantitative estimate of drug-likeness (QED) is 0.187. The lowest BCUT2D eigenvalue weighted by molar-refractivity contribution is -0.912. The number of carboxylic acid groups (broad SMARTS) is 1. The third-order valence-electron chi connectivity index (χ3n) is 5.79. The van der Waals surface area contributed by atoms with Gasteiger partial charge >= 0.3 is 5.97 Å². The zero-order chi connectivity index (χ0) is 24.4. The number of nitrogens with zero attached hydrogens (tertiary/aromatic N) is 2. The molecule has 1 aliphatic rings. The molecule has 0 bridgehead atoms. The molecule has 1 aromatic carbocycles. The third kappa shape index (κ3) is 3.27. The highest BCUT2D eigenvalue weighted by Crippen LogP contribution is 2.41. The van der Waals surface area contributed by atoms with Gasteiger partial charge in [0.1, 0.15) is 16.5 Å². The second-order valence-electron chi connectivity index (χ2n) is 7.77. The van der Waals surface area contributed by atoms with Gasteiger partial charge in [0.25, 0.3) is 5.69 Å². The fraction of sp³-hybridized carbons (Fsp3) is 0.136. The molecule has 34 heavy (non-hydrogen) atoms. The second-order valence-corrected chi connectivity index (χ2v) is 9.06. The molecule has 7 nitrogen and oxygen atoms in total. The van der Waals surface area contributed by atoms with Crippen LogP contribution in [0.3, 0.4) is 0 Å². The van der Waals surface area contributed by atoms with Gasteiger partial charge in [-0.2, -0.15) is 0 Å². The molecular weight excluding hydrogens is 495 g/mol. The molecular formula is C22H14ClF3N3O4S+. The highest BCUT2D eigenvalue weighted by Gasteiger charge is 2.50. The maximum absolute atomic E-state index is 14.5. The molecule has 174 valence electrons. The molecule has 12 heteroatoms. The van der Waals surface area contributed by atoms with Crippen molar-refractivity contribution in [1.82, 2.24) is 9.97 Å². The lowest BCUT2D eigenvalue weighted by Gasteiger charge is -2.17. The number of aromatic carboxylic acids is 1. The summed E-state index contributed by atoms with van der Waals surface area (Å²) in [6.07, 6.45) is 2.59. The Hall–Kier alpha value is -3.41. The molecule has 0 saturated heterocycles. The fourth-order valence-corrected chi connectivity index (χ4v) is 5.15. The van der Waals surface area contributed by atoms with Gasteiger partial charge in [-0.25, -0.2) is 22.9 Å². The van der Waals surface area contributed by atoms with Crippen LogP contribution in [-0.2, 0) is 12.0 Å². The Morgan fingerprint density at radius 2 is 2.03 bits per heavy atom. The van der Waals surface area contributed by atoms with Crippen LogP contribution in [0.5, 0.6) is 0 Å². The third-order valence-corrected chi connectivity index (χ3v) is 7.02. The van der Waals surface area contributed by atoms with Crippen molar-refractivity contribution in [3.05, 3.63) is 80.4 Å². The number of halogens is 4. The number of thiophene rings is 1. The number of carbonyl (C=O) groups is 1. The molecule has 3 heterocycles. The number of fused-ring (bicyclic) bond motifs is 1. The molecule has 1 atom stereocenters. The summed E-state index contributed by atoms with van der Waals surface area (Å²) in [5, 5.41) is 32.2. The van der Waals surface area contributed by atoms with Crippen LogP contribution in [0.2, 0.25) is 5.02 Å². The first-order chi connectivity index (χ1) is 16.1. The zero-order valence-corrected chi connectivity index (χ0v) is 18.5. The molecule has 3 aromatic heterocycles. The van der Waals surface area contributed by atoms with E-state index in [4.69, 9.17) is 16.7 Å². The first kappa shape index (κ1) is 22.4. The molecule has 0 saturated carbocycles. The summed E-state index contributed by atoms with van der Waals surface area (Å²) in [5.41, 5.74) is -1.68. The van der Waals surface area contributed by atoms with E-state index in [1.165, 1.54) is 17.6 Å². The number of H-pyrrole nitrogens is 1. The van der Waals surface area contributed by atoms with Crippen molar-refractivity contribution in [2.75, 3.05) is 0 Å². The predicted octanol–water partition coefficient (Wildman–Crippen LogP) is 4.28. The van der Waals surface area contributed by atoms with Gasteiger partial charge in [0.15, 0.2) is 11.6 Å². The van der Waals surface area contributed by atoms with Gasteiger partial charge in [-0.3, -0.25) is 5.21 Å². The number of carboxylic acids is 1. The first-order valence-electron chi connectivity index (χ1n) is 9.82. The predicted molar refractivity (Wildman–Crippen MR) is 114 cm³/mol. The van der Waals surface area contributed by atoms with E-state index in [0.29, 0.717) is 21.6 Å². The van der Waals surface area contributed by atoms with Crippen LogP contribution in [-0.4, -0.2) is 31.4 Å². The van der Waals surface area contributed by atoms with E-state index < -0.39 is 39.5 Å². The number of hydrogen-bond acceptors (Lipinski definition) is 5. The van der Waals surface area contributed by atoms with Gasteiger partial charge in [0.05, 0.1) is 28.0 Å². The van der Waals surface area contributed by atoms with E-state index >= 15 is 0 Å². The number of aromatic amines is 1. The number of rotatable bonds is 4. The van der Waals surface area contributed by atoms with E-state index in [0.717, 1.165) is 18.3 Å². The first-order valence-corrected chi connectivity index (χ1v) is 11.1. The minimum Gasteiger partial charge on any atom is -0.477 e. The van der Waals surface area contributed by atoms with Crippen LogP contribution in [0.25, 0.3) is 22.4 Å². The fourth-order valence-electron chi connectivity index (χ4n) is 4.21. The van der Waals surface area contributed by atoms with Crippen molar-refractivity contribution in [1.29, 1.82) is 0 Å². The van der Waals surface area contributed by atoms with Crippen LogP contribution in [0, 0.1) is 17.5 Å². The van der Waals surface area contributed by atoms with Crippen molar-refractivity contribution >= 4 is 28.9 Å². The topological polar surface area (TPSA) is 110 Å². The standard InChI is InChI=1S/C22H13ClF3N3O4S/c23-12-1-2-13(24)15(17(12)26)10-5-9-3-4-22(32,19(9)29(33)7-10)21-27-6-14(28-21)11-8-34-18(16(11)25)20(30)31/h1-2,5-8,32H,3-4H2,(H2-,27,28,30,31,33)/p+1/t22-/m0/s1. The van der Waals surface area contributed by atoms with E-state index in [2.05, 4.69) is 9.97 Å². The molecule has 0 unspecified atom stereocenters. The number of benzene rings is 1. The Morgan fingerprint density at radius 3 is 2.74 bits per heavy atom. The van der Waals surface area contributed by atoms with Crippen molar-refractivity contribution in [3.8, 4) is 22.4 Å². The molecule has 0 radical (unpaired) electrons. The van der Waals surface area contributed by atoms with Crippen LogP contribution < -0.4 is 4.73 Å². The summed E-state index contributed by atoms with van der Waals surface area (Å²) in [4.78, 5) is 17.6. The zero-order valence-electron chi connectivity index (χ0n) is 16.9. The van der Waals surface area contributed by atoms with Crippen LogP contribution in [0.4, 0.5) is 13.2 Å². The van der Waals surface area contributed by atoms with E-state index in [9.17, 15) is 28.3 Å². The van der Waals surface area contributed by atoms with Crippen LogP contribution >= 0.6 is 22.9 Å². The summed E-state index contributed by atoms with van der Waals surface area (Å²) in [6.45, 7) is 0. The van der Waals surface area contributed by atoms with Gasteiger partial charge in [-0.1, -0.05) is 11.6 Å². The normalized spacial score (nSPS) is 17.2. The summed E-state index contributed by atoms with van der Waals surface area (Å²) >= 11 is 6.49. The summed E-state index contributed by atoms with van der Waals surface area (Å²) in [5.74, 6) is -4.20. The molecule has 1 aliphatic carbocycles. The molecule has 0 amide bonds. The largest absolute Gasteiger partial charge is 0.477 e. The van der Waals surface area contributed by atoms with E-state index in [1.54, 1.807) is 0 Å². The SMILES string of the molecule is O=C(O)c1scc(-c2cnc([C@]3(O)CCc4cc(-c5c(F)ccc(Cl)c5F)c[n+](O)c43)[nH]2)c1F. The highest BCUT2D eigenvalue weighted by atomic mass is 35.5. The van der Waals surface area contributed by atoms with Crippen molar-refractivity contribution in [3.63, 3.8) is 0 Å². The van der Waals surface area contributed by atoms with Gasteiger partial charge in [0, 0.05) is 21.2 Å². The Bertz CT molecular complexity index is 1490. The van der Waals surface area contributed by atoms with E-state index in [1.807, 2.05) is 0 Å². The monoisotopic (exact) mass is 508 g/mol. The average molecular weight is 509 g/mol. The number of imidazole rings is 1. The number of pyridine rings is 1. The van der Waals surface area contributed by atoms with Crippen molar-refractivity contribution in [2.45, 2.75) is 18.4 Å². The lowest BCUT2D eigenvalue weighted by atomic mass is 9.98. The number of nitrogens with one attached hydrogen (secondary N) is 1. The molecule has 4 N–H and O–H groups in total. The molecule has 4 aromatic rings. The van der Waals surface area contributed by atoms with Gasteiger partial charge < -0.3 is 15.2 Å². The van der Waals surface area contributed by atoms with Crippen LogP contribution in [0.15, 0.2) is 36.0 Å². The molecule has 0 aliphatic heterocycles. The molecule has 5 rings (SSSR count). The molecule has 0 fully saturated rings. The van der Waals surface area contributed by atoms with Crippen molar-refractivity contribution in [2.24, 2.45) is 0 Å². The highest BCUT2D eigenvalue weighted by molar-refractivity contribution is 7.12. The summed E-state index contributed by atoms with van der Waals surface area (Å²) in [7, 11) is 0. The Labute approximate surface area is 198 Å². The second kappa shape index (κ2) is 7.83. The maximum atomic E-state index is 14.5. The van der Waals surface area contributed by atoms with E-state index in [-0.39, 0.29) is 46.2 Å². The summed E-state index contributed by atoms with van der Waals surface area (Å²) < 4.78 is 43.9. The van der Waals surface area contributed by atoms with Gasteiger partial charge in [-0.05, 0) is 31.0 Å². The lowest BCUT2D eigenvalue weighted by Crippen LogP contribution is -2.44. The number of aliphatic hydroxyl groups is 1. The minimum atomic E-state index is -1.82. The molecule has 0 spiro atoms.